The van der Waals surface area contributed by atoms with Crippen molar-refractivity contribution in [3.05, 3.63) is 35.9 Å². The van der Waals surface area contributed by atoms with Crippen molar-refractivity contribution in [2.75, 3.05) is 13.1 Å². The van der Waals surface area contributed by atoms with Crippen LogP contribution in [0.25, 0.3) is 0 Å². The molecule has 6 heteroatoms. The van der Waals surface area contributed by atoms with E-state index in [0.717, 1.165) is 37.2 Å². The number of hydrogen-bond acceptors (Lipinski definition) is 3. The fraction of sp³-hybridized carbons (Fsp3) is 0.500. The Bertz CT molecular complexity index is 574. The quantitative estimate of drug-likeness (QED) is 0.917. The third-order valence-electron chi connectivity index (χ3n) is 3.80. The molecule has 20 heavy (non-hydrogen) atoms. The third-order valence-corrected chi connectivity index (χ3v) is 3.80. The number of rotatable bonds is 3. The topological polar surface area (TPSA) is 66.8 Å². The highest BCUT2D eigenvalue weighted by Gasteiger charge is 2.25. The third kappa shape index (κ3) is 2.74. The van der Waals surface area contributed by atoms with E-state index >= 15 is 0 Å². The number of H-pyrrole nitrogens is 1. The lowest BCUT2D eigenvalue weighted by atomic mass is 9.95. The molecule has 0 radical (unpaired) electrons. The Balaban J connectivity index is 1.63. The van der Waals surface area contributed by atoms with E-state index in [4.69, 9.17) is 0 Å². The fourth-order valence-corrected chi connectivity index (χ4v) is 2.74. The van der Waals surface area contributed by atoms with Gasteiger partial charge >= 0.3 is 0 Å². The van der Waals surface area contributed by atoms with Crippen molar-refractivity contribution in [3.8, 4) is 0 Å². The van der Waals surface area contributed by atoms with Crippen LogP contribution in [0.5, 0.6) is 0 Å². The molecule has 0 spiro atoms. The lowest BCUT2D eigenvalue weighted by Gasteiger charge is -2.32. The molecular formula is C14H19N5O. The van der Waals surface area contributed by atoms with Gasteiger partial charge in [0.15, 0.2) is 0 Å². The highest BCUT2D eigenvalue weighted by molar-refractivity contribution is 5.76. The number of hydrogen-bond donors (Lipinski definition) is 1. The maximum atomic E-state index is 12.3. The minimum absolute atomic E-state index is 0.136. The second kappa shape index (κ2) is 5.48. The van der Waals surface area contributed by atoms with Gasteiger partial charge in [0.25, 0.3) is 0 Å². The average Bonchev–Trinajstić information content (AvgIpc) is 3.11. The molecule has 3 heterocycles. The molecule has 0 aliphatic carbocycles. The number of carbonyl (C=O) groups excluding carboxylic acids is 1. The zero-order chi connectivity index (χ0) is 13.9. The van der Waals surface area contributed by atoms with Crippen LogP contribution in [0.3, 0.4) is 0 Å². The van der Waals surface area contributed by atoms with Gasteiger partial charge in [-0.2, -0.15) is 10.2 Å². The molecule has 0 bridgehead atoms. The number of amides is 1. The summed E-state index contributed by atoms with van der Waals surface area (Å²) >= 11 is 0. The molecule has 106 valence electrons. The maximum Gasteiger partial charge on any atom is 0.244 e. The molecule has 1 unspecified atom stereocenters. The van der Waals surface area contributed by atoms with E-state index in [1.807, 2.05) is 24.1 Å². The number of aromatic amines is 1. The molecule has 1 amide bonds. The normalized spacial score (nSPS) is 19.2. The lowest BCUT2D eigenvalue weighted by Crippen LogP contribution is -2.41. The summed E-state index contributed by atoms with van der Waals surface area (Å²) in [4.78, 5) is 14.3. The van der Waals surface area contributed by atoms with Crippen molar-refractivity contribution < 1.29 is 4.79 Å². The van der Waals surface area contributed by atoms with Crippen molar-refractivity contribution >= 4 is 5.91 Å². The predicted molar refractivity (Wildman–Crippen MR) is 74.1 cm³/mol. The van der Waals surface area contributed by atoms with E-state index in [1.54, 1.807) is 17.1 Å². The van der Waals surface area contributed by atoms with Crippen LogP contribution in [-0.2, 0) is 11.3 Å². The summed E-state index contributed by atoms with van der Waals surface area (Å²) in [7, 11) is 0. The Kier molecular flexibility index (Phi) is 3.54. The van der Waals surface area contributed by atoms with Crippen molar-refractivity contribution in [2.45, 2.75) is 32.2 Å². The molecule has 6 nitrogen and oxygen atoms in total. The van der Waals surface area contributed by atoms with Gasteiger partial charge in [-0.25, -0.2) is 0 Å². The number of aryl methyl sites for hydroxylation is 1. The molecule has 0 saturated carbocycles. The number of nitrogens with one attached hydrogen (secondary N) is 1. The van der Waals surface area contributed by atoms with Crippen LogP contribution in [0.2, 0.25) is 0 Å². The van der Waals surface area contributed by atoms with Crippen LogP contribution in [0.1, 0.15) is 30.0 Å². The molecular weight excluding hydrogens is 254 g/mol. The first-order valence-corrected chi connectivity index (χ1v) is 6.98. The van der Waals surface area contributed by atoms with E-state index in [-0.39, 0.29) is 5.91 Å². The van der Waals surface area contributed by atoms with Gasteiger partial charge in [-0.1, -0.05) is 0 Å². The largest absolute Gasteiger partial charge is 0.340 e. The smallest absolute Gasteiger partial charge is 0.244 e. The van der Waals surface area contributed by atoms with Crippen molar-refractivity contribution in [1.29, 1.82) is 0 Å². The van der Waals surface area contributed by atoms with Gasteiger partial charge in [-0.15, -0.1) is 0 Å². The number of carbonyl (C=O) groups is 1. The molecule has 0 aromatic carbocycles. The average molecular weight is 273 g/mol. The number of nitrogens with zero attached hydrogens (tertiary/aromatic N) is 4. The van der Waals surface area contributed by atoms with Crippen LogP contribution in [0.4, 0.5) is 0 Å². The van der Waals surface area contributed by atoms with Gasteiger partial charge in [-0.05, 0) is 31.4 Å². The van der Waals surface area contributed by atoms with E-state index < -0.39 is 0 Å². The number of piperidine rings is 1. The Morgan fingerprint density at radius 3 is 3.15 bits per heavy atom. The summed E-state index contributed by atoms with van der Waals surface area (Å²) < 4.78 is 1.71. The molecule has 1 saturated heterocycles. The number of likely N-dealkylation sites (tertiary alicyclic amines) is 1. The second-order valence-corrected chi connectivity index (χ2v) is 5.41. The zero-order valence-corrected chi connectivity index (χ0v) is 11.6. The Morgan fingerprint density at radius 2 is 2.45 bits per heavy atom. The van der Waals surface area contributed by atoms with Crippen LogP contribution >= 0.6 is 0 Å². The summed E-state index contributed by atoms with van der Waals surface area (Å²) in [5.74, 6) is 0.506. The molecule has 2 aromatic heterocycles. The van der Waals surface area contributed by atoms with Crippen molar-refractivity contribution in [1.82, 2.24) is 24.9 Å². The molecule has 1 fully saturated rings. The molecule has 1 N–H and O–H groups in total. The molecule has 2 aromatic rings. The van der Waals surface area contributed by atoms with Gasteiger partial charge in [0.05, 0.1) is 6.20 Å². The fourth-order valence-electron chi connectivity index (χ4n) is 2.74. The second-order valence-electron chi connectivity index (χ2n) is 5.41. The Hall–Kier alpha value is -2.11. The van der Waals surface area contributed by atoms with Crippen LogP contribution in [0.15, 0.2) is 24.7 Å². The highest BCUT2D eigenvalue weighted by Crippen LogP contribution is 2.25. The standard InChI is InChI=1S/C14H19N5O/c1-11-7-16-19(8-11)10-14(20)18-6-2-3-12(9-18)13-4-5-15-17-13/h4-5,7-8,12H,2-3,6,9-10H2,1H3,(H,15,17). The first-order valence-electron chi connectivity index (χ1n) is 6.98. The van der Waals surface area contributed by atoms with Crippen LogP contribution in [-0.4, -0.2) is 43.9 Å². The SMILES string of the molecule is Cc1cnn(CC(=O)N2CCCC(c3ccn[nH]3)C2)c1. The van der Waals surface area contributed by atoms with Crippen molar-refractivity contribution in [3.63, 3.8) is 0 Å². The van der Waals surface area contributed by atoms with Crippen LogP contribution < -0.4 is 0 Å². The summed E-state index contributed by atoms with van der Waals surface area (Å²) in [6.07, 6.45) is 7.58. The van der Waals surface area contributed by atoms with Crippen molar-refractivity contribution in [2.24, 2.45) is 0 Å². The predicted octanol–water partition coefficient (Wildman–Crippen LogP) is 1.32. The van der Waals surface area contributed by atoms with E-state index in [2.05, 4.69) is 15.3 Å². The van der Waals surface area contributed by atoms with Crippen LogP contribution in [0, 0.1) is 6.92 Å². The minimum Gasteiger partial charge on any atom is -0.340 e. The summed E-state index contributed by atoms with van der Waals surface area (Å²) in [6.45, 7) is 3.90. The number of aromatic nitrogens is 4. The van der Waals surface area contributed by atoms with Gasteiger partial charge in [-0.3, -0.25) is 14.6 Å². The van der Waals surface area contributed by atoms with Gasteiger partial charge < -0.3 is 4.90 Å². The molecule has 1 atom stereocenters. The van der Waals surface area contributed by atoms with Gasteiger partial charge in [0, 0.05) is 37.1 Å². The molecule has 3 rings (SSSR count). The summed E-state index contributed by atoms with van der Waals surface area (Å²) in [6, 6.07) is 2.00. The minimum atomic E-state index is 0.136. The lowest BCUT2D eigenvalue weighted by molar-refractivity contribution is -0.133. The zero-order valence-electron chi connectivity index (χ0n) is 11.6. The summed E-state index contributed by atoms with van der Waals surface area (Å²) in [5, 5.41) is 11.2. The first-order chi connectivity index (χ1) is 9.72. The van der Waals surface area contributed by atoms with Gasteiger partial charge in [0.1, 0.15) is 6.54 Å². The monoisotopic (exact) mass is 273 g/mol. The Morgan fingerprint density at radius 1 is 1.55 bits per heavy atom. The van der Waals surface area contributed by atoms with Gasteiger partial charge in [0.2, 0.25) is 5.91 Å². The van der Waals surface area contributed by atoms with E-state index in [0.29, 0.717) is 12.5 Å². The van der Waals surface area contributed by atoms with E-state index in [1.165, 1.54) is 0 Å². The Labute approximate surface area is 117 Å². The first kappa shape index (κ1) is 12.9. The van der Waals surface area contributed by atoms with E-state index in [9.17, 15) is 4.79 Å². The molecule has 1 aliphatic rings. The highest BCUT2D eigenvalue weighted by atomic mass is 16.2. The molecule has 1 aliphatic heterocycles. The summed E-state index contributed by atoms with van der Waals surface area (Å²) in [5.41, 5.74) is 2.20. The maximum absolute atomic E-state index is 12.3.